The quantitative estimate of drug-likeness (QED) is 0.845. The molecule has 0 amide bonds. The molecular formula is C18H29NO. The van der Waals surface area contributed by atoms with Gasteiger partial charge in [0.25, 0.3) is 0 Å². The minimum Gasteiger partial charge on any atom is -0.496 e. The molecule has 1 N–H and O–H groups in total. The fraction of sp³-hybridized carbons (Fsp3) is 0.667. The van der Waals surface area contributed by atoms with Gasteiger partial charge in [-0.05, 0) is 38.3 Å². The molecule has 2 rings (SSSR count). The molecule has 112 valence electrons. The molecule has 0 aromatic heterocycles. The SMILES string of the molecule is COc1ccc(C)cc1C1(CNCC(C)C)CCCC1. The van der Waals surface area contributed by atoms with Crippen molar-refractivity contribution in [3.8, 4) is 5.75 Å². The molecule has 0 heterocycles. The van der Waals surface area contributed by atoms with Crippen LogP contribution in [0.4, 0.5) is 0 Å². The average Bonchev–Trinajstić information content (AvgIpc) is 2.88. The monoisotopic (exact) mass is 275 g/mol. The lowest BCUT2D eigenvalue weighted by atomic mass is 9.77. The van der Waals surface area contributed by atoms with Crippen LogP contribution in [0.15, 0.2) is 18.2 Å². The summed E-state index contributed by atoms with van der Waals surface area (Å²) in [7, 11) is 1.79. The molecular weight excluding hydrogens is 246 g/mol. The summed E-state index contributed by atoms with van der Waals surface area (Å²) in [4.78, 5) is 0. The zero-order valence-electron chi connectivity index (χ0n) is 13.5. The maximum atomic E-state index is 5.64. The van der Waals surface area contributed by atoms with Crippen LogP contribution in [-0.4, -0.2) is 20.2 Å². The molecule has 2 heteroatoms. The van der Waals surface area contributed by atoms with E-state index in [-0.39, 0.29) is 5.41 Å². The Morgan fingerprint density at radius 1 is 1.25 bits per heavy atom. The van der Waals surface area contributed by atoms with Crippen LogP contribution in [0.1, 0.15) is 50.7 Å². The minimum absolute atomic E-state index is 0.270. The van der Waals surface area contributed by atoms with E-state index in [0.29, 0.717) is 5.92 Å². The number of benzene rings is 1. The number of ether oxygens (including phenoxy) is 1. The van der Waals surface area contributed by atoms with Crippen molar-refractivity contribution in [1.82, 2.24) is 5.32 Å². The first-order chi connectivity index (χ1) is 9.57. The number of methoxy groups -OCH3 is 1. The van der Waals surface area contributed by atoms with Gasteiger partial charge in [-0.3, -0.25) is 0 Å². The number of nitrogens with one attached hydrogen (secondary N) is 1. The van der Waals surface area contributed by atoms with Crippen molar-refractivity contribution in [3.63, 3.8) is 0 Å². The fourth-order valence-corrected chi connectivity index (χ4v) is 3.43. The van der Waals surface area contributed by atoms with Crippen molar-refractivity contribution in [2.24, 2.45) is 5.92 Å². The molecule has 0 saturated heterocycles. The van der Waals surface area contributed by atoms with Gasteiger partial charge in [0.1, 0.15) is 5.75 Å². The lowest BCUT2D eigenvalue weighted by molar-refractivity contribution is 0.356. The molecule has 1 saturated carbocycles. The summed E-state index contributed by atoms with van der Waals surface area (Å²) in [6.45, 7) is 8.87. The molecule has 2 nitrogen and oxygen atoms in total. The van der Waals surface area contributed by atoms with Gasteiger partial charge in [-0.25, -0.2) is 0 Å². The molecule has 1 aromatic carbocycles. The Labute approximate surface area is 123 Å². The first-order valence-electron chi connectivity index (χ1n) is 7.93. The van der Waals surface area contributed by atoms with Gasteiger partial charge in [0.15, 0.2) is 0 Å². The van der Waals surface area contributed by atoms with Crippen molar-refractivity contribution >= 4 is 0 Å². The summed E-state index contributed by atoms with van der Waals surface area (Å²) < 4.78 is 5.64. The second-order valence-electron chi connectivity index (χ2n) is 6.72. The first kappa shape index (κ1) is 15.4. The zero-order valence-corrected chi connectivity index (χ0v) is 13.5. The van der Waals surface area contributed by atoms with Gasteiger partial charge in [0, 0.05) is 17.5 Å². The van der Waals surface area contributed by atoms with E-state index < -0.39 is 0 Å². The molecule has 0 unspecified atom stereocenters. The molecule has 0 spiro atoms. The van der Waals surface area contributed by atoms with E-state index in [2.05, 4.69) is 44.3 Å². The predicted molar refractivity (Wildman–Crippen MR) is 85.6 cm³/mol. The highest BCUT2D eigenvalue weighted by Gasteiger charge is 2.37. The van der Waals surface area contributed by atoms with Crippen LogP contribution in [0.3, 0.4) is 0 Å². The highest BCUT2D eigenvalue weighted by molar-refractivity contribution is 5.43. The Kier molecular flexibility index (Phi) is 5.09. The Bertz CT molecular complexity index is 433. The van der Waals surface area contributed by atoms with Gasteiger partial charge in [-0.2, -0.15) is 0 Å². The molecule has 1 fully saturated rings. The molecule has 0 atom stereocenters. The van der Waals surface area contributed by atoms with E-state index in [1.54, 1.807) is 7.11 Å². The Morgan fingerprint density at radius 2 is 1.95 bits per heavy atom. The van der Waals surface area contributed by atoms with Crippen molar-refractivity contribution in [2.45, 2.75) is 51.9 Å². The van der Waals surface area contributed by atoms with Gasteiger partial charge in [-0.1, -0.05) is 44.4 Å². The zero-order chi connectivity index (χ0) is 14.6. The van der Waals surface area contributed by atoms with Crippen molar-refractivity contribution in [3.05, 3.63) is 29.3 Å². The van der Waals surface area contributed by atoms with E-state index in [1.165, 1.54) is 36.8 Å². The van der Waals surface area contributed by atoms with Crippen molar-refractivity contribution in [2.75, 3.05) is 20.2 Å². The van der Waals surface area contributed by atoms with Gasteiger partial charge in [0.2, 0.25) is 0 Å². The second kappa shape index (κ2) is 6.62. The highest BCUT2D eigenvalue weighted by Crippen LogP contribution is 2.44. The minimum atomic E-state index is 0.270. The van der Waals surface area contributed by atoms with Crippen LogP contribution in [0.5, 0.6) is 5.75 Å². The Morgan fingerprint density at radius 3 is 2.55 bits per heavy atom. The summed E-state index contributed by atoms with van der Waals surface area (Å²) in [6, 6.07) is 6.61. The maximum absolute atomic E-state index is 5.64. The summed E-state index contributed by atoms with van der Waals surface area (Å²) in [5.41, 5.74) is 3.01. The van der Waals surface area contributed by atoms with E-state index in [4.69, 9.17) is 4.74 Å². The first-order valence-corrected chi connectivity index (χ1v) is 7.93. The fourth-order valence-electron chi connectivity index (χ4n) is 3.43. The van der Waals surface area contributed by atoms with Crippen LogP contribution < -0.4 is 10.1 Å². The van der Waals surface area contributed by atoms with E-state index in [0.717, 1.165) is 18.8 Å². The molecule has 0 bridgehead atoms. The lowest BCUT2D eigenvalue weighted by Crippen LogP contribution is -2.37. The average molecular weight is 275 g/mol. The van der Waals surface area contributed by atoms with Crippen molar-refractivity contribution < 1.29 is 4.74 Å². The maximum Gasteiger partial charge on any atom is 0.122 e. The third kappa shape index (κ3) is 3.35. The molecule has 20 heavy (non-hydrogen) atoms. The lowest BCUT2D eigenvalue weighted by Gasteiger charge is -2.32. The number of hydrogen-bond acceptors (Lipinski definition) is 2. The second-order valence-corrected chi connectivity index (χ2v) is 6.72. The molecule has 0 radical (unpaired) electrons. The van der Waals surface area contributed by atoms with Crippen LogP contribution in [-0.2, 0) is 5.41 Å². The van der Waals surface area contributed by atoms with Gasteiger partial charge in [0.05, 0.1) is 7.11 Å². The highest BCUT2D eigenvalue weighted by atomic mass is 16.5. The van der Waals surface area contributed by atoms with Gasteiger partial charge < -0.3 is 10.1 Å². The summed E-state index contributed by atoms with van der Waals surface area (Å²) in [6.07, 6.45) is 5.22. The topological polar surface area (TPSA) is 21.3 Å². The number of rotatable bonds is 6. The van der Waals surface area contributed by atoms with Crippen LogP contribution in [0, 0.1) is 12.8 Å². The van der Waals surface area contributed by atoms with E-state index in [9.17, 15) is 0 Å². The van der Waals surface area contributed by atoms with Crippen LogP contribution in [0.25, 0.3) is 0 Å². The Balaban J connectivity index is 2.25. The van der Waals surface area contributed by atoms with E-state index >= 15 is 0 Å². The third-order valence-corrected chi connectivity index (χ3v) is 4.50. The molecule has 1 aromatic rings. The smallest absolute Gasteiger partial charge is 0.122 e. The normalized spacial score (nSPS) is 17.6. The third-order valence-electron chi connectivity index (χ3n) is 4.50. The van der Waals surface area contributed by atoms with Crippen LogP contribution >= 0.6 is 0 Å². The summed E-state index contributed by atoms with van der Waals surface area (Å²) >= 11 is 0. The van der Waals surface area contributed by atoms with Gasteiger partial charge >= 0.3 is 0 Å². The largest absolute Gasteiger partial charge is 0.496 e. The van der Waals surface area contributed by atoms with Crippen molar-refractivity contribution in [1.29, 1.82) is 0 Å². The summed E-state index contributed by atoms with van der Waals surface area (Å²) in [5.74, 6) is 1.76. The molecule has 1 aliphatic carbocycles. The number of aryl methyl sites for hydroxylation is 1. The molecule has 1 aliphatic rings. The summed E-state index contributed by atoms with van der Waals surface area (Å²) in [5, 5.41) is 3.68. The number of hydrogen-bond donors (Lipinski definition) is 1. The Hall–Kier alpha value is -1.02. The van der Waals surface area contributed by atoms with E-state index in [1.807, 2.05) is 0 Å². The van der Waals surface area contributed by atoms with Crippen LogP contribution in [0.2, 0.25) is 0 Å². The van der Waals surface area contributed by atoms with Gasteiger partial charge in [-0.15, -0.1) is 0 Å². The standard InChI is InChI=1S/C18H29NO/c1-14(2)12-19-13-18(9-5-6-10-18)16-11-15(3)7-8-17(16)20-4/h7-8,11,14,19H,5-6,9-10,12-13H2,1-4H3. The molecule has 0 aliphatic heterocycles. The predicted octanol–water partition coefficient (Wildman–Crippen LogP) is 4.06.